The maximum Gasteiger partial charge on any atom is 0.0600 e. The van der Waals surface area contributed by atoms with Crippen molar-refractivity contribution in [3.05, 3.63) is 59.2 Å². The minimum absolute atomic E-state index is 0.824. The Morgan fingerprint density at radius 2 is 1.78 bits per heavy atom. The summed E-state index contributed by atoms with van der Waals surface area (Å²) < 4.78 is 0. The lowest BCUT2D eigenvalue weighted by Gasteiger charge is -2.22. The van der Waals surface area contributed by atoms with Crippen LogP contribution in [0.25, 0.3) is 0 Å². The van der Waals surface area contributed by atoms with Crippen LogP contribution in [-0.2, 0) is 6.54 Å². The highest BCUT2D eigenvalue weighted by Crippen LogP contribution is 2.23. The summed E-state index contributed by atoms with van der Waals surface area (Å²) in [5.74, 6) is 0. The molecule has 94 valence electrons. The van der Waals surface area contributed by atoms with Crippen LogP contribution in [0.5, 0.6) is 0 Å². The summed E-state index contributed by atoms with van der Waals surface area (Å²) in [5, 5.41) is 0. The van der Waals surface area contributed by atoms with Crippen LogP contribution in [0.4, 0.5) is 11.4 Å². The first-order chi connectivity index (χ1) is 8.58. The molecule has 0 spiro atoms. The largest absolute Gasteiger partial charge is 0.397 e. The number of hydrogen-bond donors (Lipinski definition) is 1. The van der Waals surface area contributed by atoms with Crippen LogP contribution in [0.1, 0.15) is 16.7 Å². The summed E-state index contributed by atoms with van der Waals surface area (Å²) in [6.45, 7) is 5.15. The maximum atomic E-state index is 6.00. The molecule has 2 nitrogen and oxygen atoms in total. The molecule has 0 unspecified atom stereocenters. The molecule has 0 aliphatic carbocycles. The van der Waals surface area contributed by atoms with Gasteiger partial charge >= 0.3 is 0 Å². The lowest BCUT2D eigenvalue weighted by atomic mass is 10.1. The van der Waals surface area contributed by atoms with E-state index in [9.17, 15) is 0 Å². The Hall–Kier alpha value is -1.96. The average Bonchev–Trinajstić information content (AvgIpc) is 2.33. The molecular formula is C16H20N2. The third-order valence-corrected chi connectivity index (χ3v) is 3.25. The molecule has 0 fully saturated rings. The molecular weight excluding hydrogens is 220 g/mol. The van der Waals surface area contributed by atoms with Crippen LogP contribution in [0.2, 0.25) is 0 Å². The zero-order valence-corrected chi connectivity index (χ0v) is 11.3. The van der Waals surface area contributed by atoms with Crippen molar-refractivity contribution in [2.45, 2.75) is 20.4 Å². The first kappa shape index (κ1) is 12.5. The second kappa shape index (κ2) is 5.13. The molecule has 2 N–H and O–H groups in total. The average molecular weight is 240 g/mol. The summed E-state index contributed by atoms with van der Waals surface area (Å²) in [6, 6.07) is 14.5. The zero-order valence-electron chi connectivity index (χ0n) is 11.3. The summed E-state index contributed by atoms with van der Waals surface area (Å²) in [4.78, 5) is 2.19. The molecule has 0 amide bonds. The molecule has 2 aromatic carbocycles. The number of nitrogens with zero attached hydrogens (tertiary/aromatic N) is 1. The van der Waals surface area contributed by atoms with E-state index in [4.69, 9.17) is 5.73 Å². The molecule has 0 bridgehead atoms. The van der Waals surface area contributed by atoms with Gasteiger partial charge in [0.1, 0.15) is 0 Å². The van der Waals surface area contributed by atoms with E-state index in [-0.39, 0.29) is 0 Å². The Bertz CT molecular complexity index is 547. The Balaban J connectivity index is 2.21. The predicted molar refractivity (Wildman–Crippen MR) is 78.9 cm³/mol. The second-order valence-corrected chi connectivity index (χ2v) is 4.84. The molecule has 18 heavy (non-hydrogen) atoms. The fourth-order valence-corrected chi connectivity index (χ4v) is 2.20. The van der Waals surface area contributed by atoms with Gasteiger partial charge in [0, 0.05) is 13.6 Å². The van der Waals surface area contributed by atoms with Gasteiger partial charge in [0.25, 0.3) is 0 Å². The fraction of sp³-hybridized carbons (Fsp3) is 0.250. The van der Waals surface area contributed by atoms with Gasteiger partial charge in [-0.3, -0.25) is 0 Å². The van der Waals surface area contributed by atoms with Crippen molar-refractivity contribution < 1.29 is 0 Å². The molecule has 0 heterocycles. The monoisotopic (exact) mass is 240 g/mol. The van der Waals surface area contributed by atoms with Crippen molar-refractivity contribution in [2.24, 2.45) is 0 Å². The van der Waals surface area contributed by atoms with E-state index in [0.717, 1.165) is 17.9 Å². The van der Waals surface area contributed by atoms with Gasteiger partial charge in [-0.2, -0.15) is 0 Å². The van der Waals surface area contributed by atoms with E-state index in [1.54, 1.807) is 0 Å². The lowest BCUT2D eigenvalue weighted by molar-refractivity contribution is 0.915. The Labute approximate surface area is 109 Å². The Kier molecular flexibility index (Phi) is 3.56. The van der Waals surface area contributed by atoms with Crippen LogP contribution < -0.4 is 10.6 Å². The molecule has 2 rings (SSSR count). The summed E-state index contributed by atoms with van der Waals surface area (Å²) in [5.41, 5.74) is 11.9. The maximum absolute atomic E-state index is 6.00. The minimum atomic E-state index is 0.824. The third kappa shape index (κ3) is 2.65. The molecule has 0 aliphatic heterocycles. The van der Waals surface area contributed by atoms with Crippen LogP contribution in [0, 0.1) is 13.8 Å². The number of rotatable bonds is 3. The molecule has 0 aromatic heterocycles. The van der Waals surface area contributed by atoms with Crippen molar-refractivity contribution in [3.63, 3.8) is 0 Å². The highest BCUT2D eigenvalue weighted by Gasteiger charge is 2.06. The summed E-state index contributed by atoms with van der Waals surface area (Å²) >= 11 is 0. The molecule has 0 saturated heterocycles. The highest BCUT2D eigenvalue weighted by atomic mass is 15.1. The quantitative estimate of drug-likeness (QED) is 0.832. The van der Waals surface area contributed by atoms with Crippen molar-refractivity contribution in [1.29, 1.82) is 0 Å². The minimum Gasteiger partial charge on any atom is -0.397 e. The van der Waals surface area contributed by atoms with Crippen molar-refractivity contribution in [1.82, 2.24) is 0 Å². The molecule has 0 radical (unpaired) electrons. The number of benzene rings is 2. The number of hydrogen-bond acceptors (Lipinski definition) is 2. The molecule has 2 heteroatoms. The number of anilines is 2. The number of nitrogens with two attached hydrogens (primary N) is 1. The first-order valence-electron chi connectivity index (χ1n) is 6.19. The van der Waals surface area contributed by atoms with Crippen molar-refractivity contribution >= 4 is 11.4 Å². The lowest BCUT2D eigenvalue weighted by Crippen LogP contribution is -2.18. The Morgan fingerprint density at radius 1 is 1.06 bits per heavy atom. The predicted octanol–water partition coefficient (Wildman–Crippen LogP) is 3.52. The van der Waals surface area contributed by atoms with Crippen LogP contribution in [-0.4, -0.2) is 7.05 Å². The third-order valence-electron chi connectivity index (χ3n) is 3.25. The van der Waals surface area contributed by atoms with E-state index in [0.29, 0.717) is 0 Å². The van der Waals surface area contributed by atoms with Gasteiger partial charge in [-0.15, -0.1) is 0 Å². The molecule has 2 aromatic rings. The van der Waals surface area contributed by atoms with E-state index in [1.165, 1.54) is 16.7 Å². The van der Waals surface area contributed by atoms with E-state index >= 15 is 0 Å². The molecule has 0 aliphatic rings. The van der Waals surface area contributed by atoms with Crippen LogP contribution in [0.3, 0.4) is 0 Å². The SMILES string of the molecule is Cc1ccc(CN(C)c2ccccc2N)c(C)c1. The van der Waals surface area contributed by atoms with Gasteiger partial charge < -0.3 is 10.6 Å². The fourth-order valence-electron chi connectivity index (χ4n) is 2.20. The van der Waals surface area contributed by atoms with Crippen molar-refractivity contribution in [3.8, 4) is 0 Å². The number of aryl methyl sites for hydroxylation is 2. The Morgan fingerprint density at radius 3 is 2.44 bits per heavy atom. The van der Waals surface area contributed by atoms with Gasteiger partial charge in [0.2, 0.25) is 0 Å². The highest BCUT2D eigenvalue weighted by molar-refractivity contribution is 5.67. The summed E-state index contributed by atoms with van der Waals surface area (Å²) in [6.07, 6.45) is 0. The van der Waals surface area contributed by atoms with E-state index in [1.807, 2.05) is 18.2 Å². The standard InChI is InChI=1S/C16H20N2/c1-12-8-9-14(13(2)10-12)11-18(3)16-7-5-4-6-15(16)17/h4-10H,11,17H2,1-3H3. The van der Waals surface area contributed by atoms with Crippen LogP contribution in [0.15, 0.2) is 42.5 Å². The van der Waals surface area contributed by atoms with E-state index < -0.39 is 0 Å². The number of nitrogen functional groups attached to an aromatic ring is 1. The molecule has 0 atom stereocenters. The zero-order chi connectivity index (χ0) is 13.1. The van der Waals surface area contributed by atoms with E-state index in [2.05, 4.69) is 50.1 Å². The van der Waals surface area contributed by atoms with Gasteiger partial charge in [-0.05, 0) is 37.1 Å². The van der Waals surface area contributed by atoms with Gasteiger partial charge in [0.15, 0.2) is 0 Å². The normalized spacial score (nSPS) is 10.4. The smallest absolute Gasteiger partial charge is 0.0600 e. The second-order valence-electron chi connectivity index (χ2n) is 4.84. The molecule has 0 saturated carbocycles. The topological polar surface area (TPSA) is 29.3 Å². The first-order valence-corrected chi connectivity index (χ1v) is 6.19. The van der Waals surface area contributed by atoms with Gasteiger partial charge in [-0.25, -0.2) is 0 Å². The van der Waals surface area contributed by atoms with Crippen molar-refractivity contribution in [2.75, 3.05) is 17.7 Å². The van der Waals surface area contributed by atoms with Gasteiger partial charge in [0.05, 0.1) is 11.4 Å². The summed E-state index contributed by atoms with van der Waals surface area (Å²) in [7, 11) is 2.07. The van der Waals surface area contributed by atoms with Gasteiger partial charge in [-0.1, -0.05) is 35.9 Å². The number of para-hydroxylation sites is 2. The van der Waals surface area contributed by atoms with Crippen LogP contribution >= 0.6 is 0 Å².